The van der Waals surface area contributed by atoms with Crippen LogP contribution in [0.1, 0.15) is 0 Å². The highest BCUT2D eigenvalue weighted by Gasteiger charge is 2.03. The summed E-state index contributed by atoms with van der Waals surface area (Å²) < 4.78 is 21.9. The number of benzene rings is 1. The summed E-state index contributed by atoms with van der Waals surface area (Å²) in [6.45, 7) is 1.56. The van der Waals surface area contributed by atoms with Crippen LogP contribution in [0.15, 0.2) is 29.2 Å². The van der Waals surface area contributed by atoms with E-state index in [4.69, 9.17) is 15.2 Å². The molecule has 0 heterocycles. The summed E-state index contributed by atoms with van der Waals surface area (Å²) in [6.07, 6.45) is 0. The van der Waals surface area contributed by atoms with E-state index in [1.54, 1.807) is 25.3 Å². The average Bonchev–Trinajstić information content (AvgIpc) is 2.28. The fraction of sp³-hybridized carbons (Fsp3) is 0.455. The maximum Gasteiger partial charge on any atom is 0.0700 e. The van der Waals surface area contributed by atoms with Gasteiger partial charge in [0.05, 0.1) is 36.4 Å². The van der Waals surface area contributed by atoms with Crippen molar-refractivity contribution in [2.45, 2.75) is 4.90 Å². The highest BCUT2D eigenvalue weighted by atomic mass is 32.2. The zero-order chi connectivity index (χ0) is 11.8. The van der Waals surface area contributed by atoms with E-state index in [1.165, 1.54) is 0 Å². The van der Waals surface area contributed by atoms with Crippen LogP contribution in [0.4, 0.5) is 5.69 Å². The first-order valence-corrected chi connectivity index (χ1v) is 6.36. The molecule has 4 nitrogen and oxygen atoms in total. The summed E-state index contributed by atoms with van der Waals surface area (Å²) in [5.41, 5.74) is 6.24. The van der Waals surface area contributed by atoms with E-state index >= 15 is 0 Å². The molecule has 2 N–H and O–H groups in total. The molecule has 1 atom stereocenters. The number of hydrogen-bond acceptors (Lipinski definition) is 4. The summed E-state index contributed by atoms with van der Waals surface area (Å²) in [7, 11) is 0.574. The number of ether oxygens (including phenoxy) is 2. The maximum atomic E-state index is 11.8. The fourth-order valence-electron chi connectivity index (χ4n) is 1.15. The van der Waals surface area contributed by atoms with Crippen LogP contribution in [0.3, 0.4) is 0 Å². The van der Waals surface area contributed by atoms with E-state index in [0.29, 0.717) is 31.3 Å². The van der Waals surface area contributed by atoms with E-state index in [9.17, 15) is 4.21 Å². The van der Waals surface area contributed by atoms with Crippen molar-refractivity contribution in [3.05, 3.63) is 24.3 Å². The molecule has 0 fully saturated rings. The van der Waals surface area contributed by atoms with Crippen LogP contribution in [0.2, 0.25) is 0 Å². The molecule has 0 saturated carbocycles. The van der Waals surface area contributed by atoms with Gasteiger partial charge in [-0.05, 0) is 18.2 Å². The third-order valence-corrected chi connectivity index (χ3v) is 3.28. The standard InChI is InChI=1S/C11H17NO3S/c1-14-5-6-15-7-8-16(13)11-4-2-3-10(12)9-11/h2-4,9H,5-8,12H2,1H3. The van der Waals surface area contributed by atoms with E-state index in [2.05, 4.69) is 0 Å². The molecule has 1 rings (SSSR count). The van der Waals surface area contributed by atoms with Crippen molar-refractivity contribution < 1.29 is 13.7 Å². The van der Waals surface area contributed by atoms with Crippen LogP contribution >= 0.6 is 0 Å². The minimum Gasteiger partial charge on any atom is -0.399 e. The molecule has 0 radical (unpaired) electrons. The Morgan fingerprint density at radius 1 is 1.31 bits per heavy atom. The third kappa shape index (κ3) is 4.74. The Kier molecular flexibility index (Phi) is 6.07. The van der Waals surface area contributed by atoms with Crippen LogP contribution < -0.4 is 5.73 Å². The van der Waals surface area contributed by atoms with Gasteiger partial charge in [-0.2, -0.15) is 0 Å². The van der Waals surface area contributed by atoms with Crippen LogP contribution in [0.5, 0.6) is 0 Å². The Bertz CT molecular complexity index is 344. The second kappa shape index (κ2) is 7.38. The number of hydrogen-bond donors (Lipinski definition) is 1. The molecule has 1 unspecified atom stereocenters. The zero-order valence-corrected chi connectivity index (χ0v) is 10.2. The van der Waals surface area contributed by atoms with Gasteiger partial charge in [-0.3, -0.25) is 4.21 Å². The predicted octanol–water partition coefficient (Wildman–Crippen LogP) is 1.04. The minimum absolute atomic E-state index is 0.463. The smallest absolute Gasteiger partial charge is 0.0700 e. The Balaban J connectivity index is 2.30. The van der Waals surface area contributed by atoms with Gasteiger partial charge in [0.2, 0.25) is 0 Å². The second-order valence-electron chi connectivity index (χ2n) is 3.23. The predicted molar refractivity (Wildman–Crippen MR) is 64.8 cm³/mol. The molecule has 0 aromatic heterocycles. The lowest BCUT2D eigenvalue weighted by Crippen LogP contribution is -2.09. The van der Waals surface area contributed by atoms with E-state index in [0.717, 1.165) is 4.90 Å². The first-order valence-electron chi connectivity index (χ1n) is 5.04. The molecule has 0 aliphatic carbocycles. The molecular formula is C11H17NO3S. The summed E-state index contributed by atoms with van der Waals surface area (Å²) >= 11 is 0. The largest absolute Gasteiger partial charge is 0.399 e. The summed E-state index contributed by atoms with van der Waals surface area (Å²) in [6, 6.07) is 7.11. The topological polar surface area (TPSA) is 61.5 Å². The zero-order valence-electron chi connectivity index (χ0n) is 9.35. The van der Waals surface area contributed by atoms with E-state index < -0.39 is 10.8 Å². The van der Waals surface area contributed by atoms with Gasteiger partial charge in [-0.25, -0.2) is 0 Å². The number of nitrogen functional groups attached to an aromatic ring is 1. The molecule has 90 valence electrons. The van der Waals surface area contributed by atoms with Crippen LogP contribution in [0, 0.1) is 0 Å². The van der Waals surface area contributed by atoms with E-state index in [1.807, 2.05) is 6.07 Å². The highest BCUT2D eigenvalue weighted by Crippen LogP contribution is 2.10. The SMILES string of the molecule is COCCOCCS(=O)c1cccc(N)c1. The second-order valence-corrected chi connectivity index (χ2v) is 4.80. The summed E-state index contributed by atoms with van der Waals surface area (Å²) in [5, 5.41) is 0. The molecule has 5 heteroatoms. The van der Waals surface area contributed by atoms with Crippen molar-refractivity contribution in [3.63, 3.8) is 0 Å². The molecule has 0 amide bonds. The van der Waals surface area contributed by atoms with Crippen molar-refractivity contribution in [2.24, 2.45) is 0 Å². The normalized spacial score (nSPS) is 12.6. The molecule has 0 aliphatic heterocycles. The first kappa shape index (κ1) is 13.2. The van der Waals surface area contributed by atoms with Gasteiger partial charge in [0.1, 0.15) is 0 Å². The van der Waals surface area contributed by atoms with Gasteiger partial charge in [0, 0.05) is 17.7 Å². The lowest BCUT2D eigenvalue weighted by atomic mass is 10.3. The summed E-state index contributed by atoms with van der Waals surface area (Å²) in [5.74, 6) is 0.479. The van der Waals surface area contributed by atoms with Crippen molar-refractivity contribution in [2.75, 3.05) is 38.4 Å². The number of nitrogens with two attached hydrogens (primary N) is 1. The highest BCUT2D eigenvalue weighted by molar-refractivity contribution is 7.85. The Hall–Kier alpha value is -0.910. The Labute approximate surface area is 98.2 Å². The first-order chi connectivity index (χ1) is 7.74. The fourth-order valence-corrected chi connectivity index (χ4v) is 2.16. The Morgan fingerprint density at radius 2 is 2.12 bits per heavy atom. The molecule has 0 saturated heterocycles. The van der Waals surface area contributed by atoms with Crippen LogP contribution in [-0.2, 0) is 20.3 Å². The molecular weight excluding hydrogens is 226 g/mol. The molecule has 16 heavy (non-hydrogen) atoms. The van der Waals surface area contributed by atoms with Crippen molar-refractivity contribution >= 4 is 16.5 Å². The third-order valence-electron chi connectivity index (χ3n) is 1.97. The maximum absolute atomic E-state index is 11.8. The number of rotatable bonds is 7. The van der Waals surface area contributed by atoms with Gasteiger partial charge in [0.15, 0.2) is 0 Å². The monoisotopic (exact) mass is 243 g/mol. The lowest BCUT2D eigenvalue weighted by molar-refractivity contribution is 0.0787. The van der Waals surface area contributed by atoms with E-state index in [-0.39, 0.29) is 0 Å². The van der Waals surface area contributed by atoms with Gasteiger partial charge in [-0.1, -0.05) is 6.07 Å². The van der Waals surface area contributed by atoms with Crippen LogP contribution in [-0.4, -0.2) is 36.9 Å². The van der Waals surface area contributed by atoms with Gasteiger partial charge in [-0.15, -0.1) is 0 Å². The number of anilines is 1. The molecule has 0 bridgehead atoms. The molecule has 0 aliphatic rings. The van der Waals surface area contributed by atoms with Gasteiger partial charge in [0.25, 0.3) is 0 Å². The van der Waals surface area contributed by atoms with Crippen molar-refractivity contribution in [1.29, 1.82) is 0 Å². The Morgan fingerprint density at radius 3 is 2.81 bits per heavy atom. The number of methoxy groups -OCH3 is 1. The molecule has 1 aromatic rings. The lowest BCUT2D eigenvalue weighted by Gasteiger charge is -2.04. The molecule has 0 spiro atoms. The van der Waals surface area contributed by atoms with Crippen LogP contribution in [0.25, 0.3) is 0 Å². The molecule has 1 aromatic carbocycles. The average molecular weight is 243 g/mol. The van der Waals surface area contributed by atoms with Gasteiger partial charge >= 0.3 is 0 Å². The van der Waals surface area contributed by atoms with Gasteiger partial charge < -0.3 is 15.2 Å². The summed E-state index contributed by atoms with van der Waals surface area (Å²) in [4.78, 5) is 0.746. The quantitative estimate of drug-likeness (QED) is 0.574. The van der Waals surface area contributed by atoms with Crippen molar-refractivity contribution in [3.8, 4) is 0 Å². The van der Waals surface area contributed by atoms with Crippen molar-refractivity contribution in [1.82, 2.24) is 0 Å². The minimum atomic E-state index is -1.04.